The second-order valence-corrected chi connectivity index (χ2v) is 6.84. The Hall–Kier alpha value is -1.69. The maximum absolute atomic E-state index is 12.7. The van der Waals surface area contributed by atoms with Crippen LogP contribution in [0.3, 0.4) is 0 Å². The van der Waals surface area contributed by atoms with Gasteiger partial charge >= 0.3 is 0 Å². The van der Waals surface area contributed by atoms with Crippen LogP contribution in [0.2, 0.25) is 0 Å². The van der Waals surface area contributed by atoms with Crippen LogP contribution in [0.15, 0.2) is 43.0 Å². The first-order valence-electron chi connectivity index (χ1n) is 8.93. The van der Waals surface area contributed by atoms with Gasteiger partial charge in [0.15, 0.2) is 6.10 Å². The molecule has 0 bridgehead atoms. The summed E-state index contributed by atoms with van der Waals surface area (Å²) >= 11 is 0. The van der Waals surface area contributed by atoms with Crippen LogP contribution in [0.1, 0.15) is 24.8 Å². The van der Waals surface area contributed by atoms with Crippen molar-refractivity contribution in [3.05, 3.63) is 48.6 Å². The van der Waals surface area contributed by atoms with Crippen LogP contribution in [0.25, 0.3) is 0 Å². The van der Waals surface area contributed by atoms with Crippen molar-refractivity contribution in [1.29, 1.82) is 0 Å². The first-order chi connectivity index (χ1) is 12.0. The highest BCUT2D eigenvalue weighted by Gasteiger charge is 2.36. The Labute approximate surface area is 150 Å². The van der Waals surface area contributed by atoms with E-state index in [1.807, 2.05) is 43.5 Å². The second-order valence-electron chi connectivity index (χ2n) is 6.84. The Morgan fingerprint density at radius 3 is 2.72 bits per heavy atom. The van der Waals surface area contributed by atoms with Crippen molar-refractivity contribution in [2.45, 2.75) is 44.1 Å². The Morgan fingerprint density at radius 2 is 2.04 bits per heavy atom. The Morgan fingerprint density at radius 1 is 1.32 bits per heavy atom. The summed E-state index contributed by atoms with van der Waals surface area (Å²) in [6.45, 7) is 5.96. The molecular formula is C20H30N2O3. The highest BCUT2D eigenvalue weighted by atomic mass is 16.5. The average molecular weight is 346 g/mol. The van der Waals surface area contributed by atoms with Gasteiger partial charge in [-0.3, -0.25) is 4.79 Å². The maximum atomic E-state index is 12.7. The summed E-state index contributed by atoms with van der Waals surface area (Å²) in [4.78, 5) is 16.5. The molecule has 0 saturated carbocycles. The molecule has 1 amide bonds. The molecule has 1 fully saturated rings. The SMILES string of the molecule is C=CCN(C)CCC1CCC(O)C(C(=O)N(C)Cc2ccccc2)O1. The van der Waals surface area contributed by atoms with E-state index in [1.54, 1.807) is 11.9 Å². The van der Waals surface area contributed by atoms with E-state index in [1.165, 1.54) is 0 Å². The maximum Gasteiger partial charge on any atom is 0.254 e. The molecule has 2 rings (SSSR count). The molecular weight excluding hydrogens is 316 g/mol. The van der Waals surface area contributed by atoms with Crippen molar-refractivity contribution in [3.63, 3.8) is 0 Å². The number of rotatable bonds is 8. The molecule has 1 aliphatic rings. The van der Waals surface area contributed by atoms with E-state index in [0.29, 0.717) is 13.0 Å². The third kappa shape index (κ3) is 5.96. The van der Waals surface area contributed by atoms with Gasteiger partial charge in [-0.1, -0.05) is 36.4 Å². The van der Waals surface area contributed by atoms with Gasteiger partial charge in [0.1, 0.15) is 0 Å². The van der Waals surface area contributed by atoms with Crippen LogP contribution < -0.4 is 0 Å². The molecule has 0 aromatic heterocycles. The standard InChI is InChI=1S/C20H30N2O3/c1-4-13-21(2)14-12-17-10-11-18(23)19(25-17)20(24)22(3)15-16-8-6-5-7-9-16/h4-9,17-19,23H,1,10-15H2,2-3H3. The lowest BCUT2D eigenvalue weighted by Gasteiger charge is -2.35. The van der Waals surface area contributed by atoms with Crippen molar-refractivity contribution >= 4 is 5.91 Å². The minimum atomic E-state index is -0.767. The highest BCUT2D eigenvalue weighted by molar-refractivity contribution is 5.81. The number of hydrogen-bond acceptors (Lipinski definition) is 4. The molecule has 3 unspecified atom stereocenters. The van der Waals surface area contributed by atoms with Gasteiger partial charge in [-0.05, 0) is 31.9 Å². The zero-order valence-electron chi connectivity index (χ0n) is 15.3. The smallest absolute Gasteiger partial charge is 0.254 e. The predicted molar refractivity (Wildman–Crippen MR) is 99.1 cm³/mol. The van der Waals surface area contributed by atoms with E-state index >= 15 is 0 Å². The number of aliphatic hydroxyl groups excluding tert-OH is 1. The van der Waals surface area contributed by atoms with Gasteiger partial charge in [0.25, 0.3) is 5.91 Å². The molecule has 1 aromatic carbocycles. The highest BCUT2D eigenvalue weighted by Crippen LogP contribution is 2.23. The first kappa shape index (κ1) is 19.6. The van der Waals surface area contributed by atoms with E-state index in [0.717, 1.165) is 31.5 Å². The number of carbonyl (C=O) groups excluding carboxylic acids is 1. The van der Waals surface area contributed by atoms with Crippen molar-refractivity contribution in [2.24, 2.45) is 0 Å². The molecule has 25 heavy (non-hydrogen) atoms. The summed E-state index contributed by atoms with van der Waals surface area (Å²) in [5, 5.41) is 10.2. The van der Waals surface area contributed by atoms with Gasteiger partial charge in [0.2, 0.25) is 0 Å². The first-order valence-corrected chi connectivity index (χ1v) is 8.93. The van der Waals surface area contributed by atoms with Gasteiger partial charge in [0, 0.05) is 26.7 Å². The van der Waals surface area contributed by atoms with Crippen LogP contribution in [-0.4, -0.2) is 66.3 Å². The number of hydrogen-bond donors (Lipinski definition) is 1. The van der Waals surface area contributed by atoms with Crippen LogP contribution in [0.4, 0.5) is 0 Å². The van der Waals surface area contributed by atoms with E-state index in [2.05, 4.69) is 11.5 Å². The molecule has 3 atom stereocenters. The van der Waals surface area contributed by atoms with E-state index < -0.39 is 12.2 Å². The monoisotopic (exact) mass is 346 g/mol. The fourth-order valence-electron chi connectivity index (χ4n) is 3.14. The summed E-state index contributed by atoms with van der Waals surface area (Å²) in [7, 11) is 3.79. The Bertz CT molecular complexity index is 549. The van der Waals surface area contributed by atoms with E-state index in [9.17, 15) is 9.90 Å². The molecule has 1 aliphatic heterocycles. The molecule has 1 N–H and O–H groups in total. The zero-order valence-corrected chi connectivity index (χ0v) is 15.3. The second kappa shape index (κ2) is 9.70. The number of nitrogens with zero attached hydrogens (tertiary/aromatic N) is 2. The fourth-order valence-corrected chi connectivity index (χ4v) is 3.14. The van der Waals surface area contributed by atoms with E-state index in [-0.39, 0.29) is 12.0 Å². The lowest BCUT2D eigenvalue weighted by atomic mass is 9.98. The minimum Gasteiger partial charge on any atom is -0.390 e. The number of likely N-dealkylation sites (N-methyl/N-ethyl adjacent to an activating group) is 2. The molecule has 1 heterocycles. The lowest BCUT2D eigenvalue weighted by molar-refractivity contribution is -0.167. The predicted octanol–water partition coefficient (Wildman–Crippen LogP) is 2.06. The number of benzene rings is 1. The van der Waals surface area contributed by atoms with Gasteiger partial charge in [0.05, 0.1) is 12.2 Å². The summed E-state index contributed by atoms with van der Waals surface area (Å²) < 4.78 is 5.95. The number of amides is 1. The summed E-state index contributed by atoms with van der Waals surface area (Å²) in [6.07, 6.45) is 2.63. The summed E-state index contributed by atoms with van der Waals surface area (Å²) in [5.74, 6) is -0.152. The molecule has 5 heteroatoms. The third-order valence-corrected chi connectivity index (χ3v) is 4.63. The van der Waals surface area contributed by atoms with Crippen LogP contribution in [-0.2, 0) is 16.1 Å². The lowest BCUT2D eigenvalue weighted by Crippen LogP contribution is -2.49. The van der Waals surface area contributed by atoms with Gasteiger partial charge in [-0.25, -0.2) is 0 Å². The zero-order chi connectivity index (χ0) is 18.2. The van der Waals surface area contributed by atoms with Crippen molar-refractivity contribution < 1.29 is 14.6 Å². The van der Waals surface area contributed by atoms with E-state index in [4.69, 9.17) is 4.74 Å². The molecule has 0 spiro atoms. The molecule has 0 aliphatic carbocycles. The van der Waals surface area contributed by atoms with Crippen molar-refractivity contribution in [3.8, 4) is 0 Å². The minimum absolute atomic E-state index is 0.00902. The van der Waals surface area contributed by atoms with Gasteiger partial charge in [-0.2, -0.15) is 0 Å². The fraction of sp³-hybridized carbons (Fsp3) is 0.550. The quantitative estimate of drug-likeness (QED) is 0.732. The number of aliphatic hydroxyl groups is 1. The molecule has 0 radical (unpaired) electrons. The van der Waals surface area contributed by atoms with Gasteiger partial charge < -0.3 is 19.6 Å². The Kier molecular flexibility index (Phi) is 7.62. The van der Waals surface area contributed by atoms with Gasteiger partial charge in [-0.15, -0.1) is 6.58 Å². The largest absolute Gasteiger partial charge is 0.390 e. The molecule has 1 saturated heterocycles. The number of carbonyl (C=O) groups is 1. The number of ether oxygens (including phenoxy) is 1. The summed E-state index contributed by atoms with van der Waals surface area (Å²) in [6, 6.07) is 9.83. The van der Waals surface area contributed by atoms with Crippen LogP contribution >= 0.6 is 0 Å². The van der Waals surface area contributed by atoms with Crippen LogP contribution in [0, 0.1) is 0 Å². The topological polar surface area (TPSA) is 53.0 Å². The normalized spacial score (nSPS) is 23.4. The van der Waals surface area contributed by atoms with Crippen molar-refractivity contribution in [1.82, 2.24) is 9.80 Å². The third-order valence-electron chi connectivity index (χ3n) is 4.63. The molecule has 138 valence electrons. The summed E-state index contributed by atoms with van der Waals surface area (Å²) in [5.41, 5.74) is 1.06. The van der Waals surface area contributed by atoms with Crippen LogP contribution in [0.5, 0.6) is 0 Å². The average Bonchev–Trinajstić information content (AvgIpc) is 2.61. The Balaban J connectivity index is 1.89. The molecule has 1 aromatic rings. The molecule has 5 nitrogen and oxygen atoms in total. The van der Waals surface area contributed by atoms with Crippen molar-refractivity contribution in [2.75, 3.05) is 27.2 Å².